The van der Waals surface area contributed by atoms with Crippen molar-refractivity contribution in [3.63, 3.8) is 0 Å². The van der Waals surface area contributed by atoms with Crippen LogP contribution in [0.1, 0.15) is 29.0 Å². The number of carbonyl (C=O) groups is 1. The predicted octanol–water partition coefficient (Wildman–Crippen LogP) is 3.04. The van der Waals surface area contributed by atoms with Crippen molar-refractivity contribution in [2.24, 2.45) is 0 Å². The minimum Gasteiger partial charge on any atom is -0.464 e. The Morgan fingerprint density at radius 2 is 2.00 bits per heavy atom. The summed E-state index contributed by atoms with van der Waals surface area (Å²) in [6.07, 6.45) is 1.59. The highest BCUT2D eigenvalue weighted by molar-refractivity contribution is 5.88. The summed E-state index contributed by atoms with van der Waals surface area (Å²) in [5.41, 5.74) is 2.32. The zero-order valence-electron chi connectivity index (χ0n) is 11.0. The van der Waals surface area contributed by atoms with Crippen molar-refractivity contribution in [3.05, 3.63) is 59.9 Å². The van der Waals surface area contributed by atoms with Crippen LogP contribution >= 0.6 is 0 Å². The molecule has 1 atom stereocenters. The molecule has 0 bridgehead atoms. The number of pyridine rings is 1. The topological polar surface area (TPSA) is 51.2 Å². The van der Waals surface area contributed by atoms with Crippen molar-refractivity contribution in [2.45, 2.75) is 13.0 Å². The molecule has 4 heteroatoms. The molecule has 0 saturated carbocycles. The van der Waals surface area contributed by atoms with Gasteiger partial charge in [0, 0.05) is 17.9 Å². The first-order valence-electron chi connectivity index (χ1n) is 6.06. The first-order chi connectivity index (χ1) is 9.20. The highest BCUT2D eigenvalue weighted by Crippen LogP contribution is 2.19. The molecule has 1 aromatic heterocycles. The van der Waals surface area contributed by atoms with E-state index in [4.69, 9.17) is 0 Å². The van der Waals surface area contributed by atoms with E-state index in [0.717, 1.165) is 5.69 Å². The number of ether oxygens (including phenoxy) is 1. The molecular weight excluding hydrogens is 240 g/mol. The molecule has 0 amide bonds. The van der Waals surface area contributed by atoms with E-state index in [-0.39, 0.29) is 6.04 Å². The van der Waals surface area contributed by atoms with E-state index in [9.17, 15) is 4.79 Å². The standard InChI is InChI=1S/C15H16N2O2/c1-11(12-6-4-3-5-7-12)17-13-8-9-16-14(10-13)15(18)19-2/h3-11H,1-2H3,(H,16,17). The number of esters is 1. The average Bonchev–Trinajstić information content (AvgIpc) is 2.47. The van der Waals surface area contributed by atoms with Crippen LogP contribution in [0.5, 0.6) is 0 Å². The molecule has 0 aliphatic rings. The number of aromatic nitrogens is 1. The summed E-state index contributed by atoms with van der Waals surface area (Å²) in [4.78, 5) is 15.4. The fraction of sp³-hybridized carbons (Fsp3) is 0.200. The zero-order chi connectivity index (χ0) is 13.7. The summed E-state index contributed by atoms with van der Waals surface area (Å²) in [5, 5.41) is 3.33. The van der Waals surface area contributed by atoms with Crippen LogP contribution in [0.3, 0.4) is 0 Å². The minimum absolute atomic E-state index is 0.147. The molecule has 0 spiro atoms. The van der Waals surface area contributed by atoms with Gasteiger partial charge >= 0.3 is 5.97 Å². The lowest BCUT2D eigenvalue weighted by atomic mass is 10.1. The number of carbonyl (C=O) groups excluding carboxylic acids is 1. The van der Waals surface area contributed by atoms with Gasteiger partial charge in [-0.3, -0.25) is 0 Å². The first-order valence-corrected chi connectivity index (χ1v) is 6.06. The molecule has 1 N–H and O–H groups in total. The molecule has 0 saturated heterocycles. The Bertz CT molecular complexity index is 555. The monoisotopic (exact) mass is 256 g/mol. The highest BCUT2D eigenvalue weighted by Gasteiger charge is 2.09. The Kier molecular flexibility index (Phi) is 4.13. The van der Waals surface area contributed by atoms with Crippen LogP contribution in [0, 0.1) is 0 Å². The van der Waals surface area contributed by atoms with E-state index in [2.05, 4.69) is 34.1 Å². The summed E-state index contributed by atoms with van der Waals surface area (Å²) in [7, 11) is 1.34. The lowest BCUT2D eigenvalue weighted by Gasteiger charge is -2.15. The van der Waals surface area contributed by atoms with Gasteiger partial charge in [0.25, 0.3) is 0 Å². The maximum atomic E-state index is 11.4. The van der Waals surface area contributed by atoms with Crippen molar-refractivity contribution in [1.29, 1.82) is 0 Å². The summed E-state index contributed by atoms with van der Waals surface area (Å²) in [6.45, 7) is 2.06. The largest absolute Gasteiger partial charge is 0.464 e. The third kappa shape index (κ3) is 3.31. The smallest absolute Gasteiger partial charge is 0.356 e. The number of rotatable bonds is 4. The Hall–Kier alpha value is -2.36. The zero-order valence-corrected chi connectivity index (χ0v) is 11.0. The molecule has 98 valence electrons. The maximum absolute atomic E-state index is 11.4. The Balaban J connectivity index is 2.13. The molecule has 4 nitrogen and oxygen atoms in total. The van der Waals surface area contributed by atoms with Crippen molar-refractivity contribution in [2.75, 3.05) is 12.4 Å². The van der Waals surface area contributed by atoms with Gasteiger partial charge in [-0.25, -0.2) is 9.78 Å². The van der Waals surface area contributed by atoms with Gasteiger partial charge < -0.3 is 10.1 Å². The van der Waals surface area contributed by atoms with Crippen LogP contribution in [0.2, 0.25) is 0 Å². The van der Waals surface area contributed by atoms with Crippen LogP contribution in [0.15, 0.2) is 48.7 Å². The second-order valence-electron chi connectivity index (χ2n) is 4.20. The lowest BCUT2D eigenvalue weighted by molar-refractivity contribution is 0.0594. The van der Waals surface area contributed by atoms with E-state index < -0.39 is 5.97 Å². The minimum atomic E-state index is -0.434. The third-order valence-corrected chi connectivity index (χ3v) is 2.84. The second-order valence-corrected chi connectivity index (χ2v) is 4.20. The van der Waals surface area contributed by atoms with Gasteiger partial charge in [-0.1, -0.05) is 30.3 Å². The highest BCUT2D eigenvalue weighted by atomic mass is 16.5. The molecule has 1 unspecified atom stereocenters. The number of hydrogen-bond donors (Lipinski definition) is 1. The summed E-state index contributed by atoms with van der Waals surface area (Å²) in [5.74, 6) is -0.434. The number of benzene rings is 1. The number of nitrogens with zero attached hydrogens (tertiary/aromatic N) is 1. The first kappa shape index (κ1) is 13.1. The van der Waals surface area contributed by atoms with Crippen molar-refractivity contribution < 1.29 is 9.53 Å². The Labute approximate surface area is 112 Å². The number of anilines is 1. The molecule has 0 fully saturated rings. The van der Waals surface area contributed by atoms with Crippen molar-refractivity contribution in [3.8, 4) is 0 Å². The Morgan fingerprint density at radius 3 is 2.68 bits per heavy atom. The van der Waals surface area contributed by atoms with Crippen LogP contribution in [-0.2, 0) is 4.74 Å². The number of nitrogens with one attached hydrogen (secondary N) is 1. The van der Waals surface area contributed by atoms with Gasteiger partial charge in [-0.15, -0.1) is 0 Å². The quantitative estimate of drug-likeness (QED) is 0.854. The number of methoxy groups -OCH3 is 1. The predicted molar refractivity (Wildman–Crippen MR) is 74.1 cm³/mol. The maximum Gasteiger partial charge on any atom is 0.356 e. The van der Waals surface area contributed by atoms with E-state index in [1.807, 2.05) is 24.3 Å². The van der Waals surface area contributed by atoms with Crippen LogP contribution in [-0.4, -0.2) is 18.1 Å². The molecule has 1 heterocycles. The third-order valence-electron chi connectivity index (χ3n) is 2.84. The normalized spacial score (nSPS) is 11.7. The van der Waals surface area contributed by atoms with Gasteiger partial charge in [0.05, 0.1) is 7.11 Å². The molecule has 2 rings (SSSR count). The summed E-state index contributed by atoms with van der Waals surface area (Å²) >= 11 is 0. The van der Waals surface area contributed by atoms with E-state index in [0.29, 0.717) is 5.69 Å². The van der Waals surface area contributed by atoms with E-state index >= 15 is 0 Å². The molecular formula is C15H16N2O2. The van der Waals surface area contributed by atoms with Crippen LogP contribution < -0.4 is 5.32 Å². The summed E-state index contributed by atoms with van der Waals surface area (Å²) < 4.78 is 4.65. The van der Waals surface area contributed by atoms with Crippen LogP contribution in [0.4, 0.5) is 5.69 Å². The molecule has 1 aromatic carbocycles. The van der Waals surface area contributed by atoms with Gasteiger partial charge in [-0.05, 0) is 24.6 Å². The van der Waals surface area contributed by atoms with E-state index in [1.54, 1.807) is 12.3 Å². The van der Waals surface area contributed by atoms with Crippen molar-refractivity contribution in [1.82, 2.24) is 4.98 Å². The average molecular weight is 256 g/mol. The lowest BCUT2D eigenvalue weighted by Crippen LogP contribution is -2.09. The number of hydrogen-bond acceptors (Lipinski definition) is 4. The molecule has 0 radical (unpaired) electrons. The van der Waals surface area contributed by atoms with Gasteiger partial charge in [0.2, 0.25) is 0 Å². The van der Waals surface area contributed by atoms with Crippen LogP contribution in [0.25, 0.3) is 0 Å². The molecule has 2 aromatic rings. The summed E-state index contributed by atoms with van der Waals surface area (Å²) in [6, 6.07) is 13.8. The Morgan fingerprint density at radius 1 is 1.26 bits per heavy atom. The van der Waals surface area contributed by atoms with Gasteiger partial charge in [0.15, 0.2) is 0 Å². The molecule has 0 aliphatic heterocycles. The molecule has 19 heavy (non-hydrogen) atoms. The van der Waals surface area contributed by atoms with Crippen molar-refractivity contribution >= 4 is 11.7 Å². The van der Waals surface area contributed by atoms with Gasteiger partial charge in [-0.2, -0.15) is 0 Å². The van der Waals surface area contributed by atoms with Gasteiger partial charge in [0.1, 0.15) is 5.69 Å². The van der Waals surface area contributed by atoms with E-state index in [1.165, 1.54) is 12.7 Å². The fourth-order valence-electron chi connectivity index (χ4n) is 1.81. The molecule has 0 aliphatic carbocycles. The SMILES string of the molecule is COC(=O)c1cc(NC(C)c2ccccc2)ccn1. The fourth-order valence-corrected chi connectivity index (χ4v) is 1.81. The second kappa shape index (κ2) is 6.00.